The van der Waals surface area contributed by atoms with Gasteiger partial charge >= 0.3 is 0 Å². The van der Waals surface area contributed by atoms with Gasteiger partial charge in [-0.25, -0.2) is 0 Å². The fourth-order valence-electron chi connectivity index (χ4n) is 3.50. The van der Waals surface area contributed by atoms with E-state index in [-0.39, 0.29) is 0 Å². The topological polar surface area (TPSA) is 13.1 Å². The second-order valence-corrected chi connectivity index (χ2v) is 12.1. The minimum absolute atomic E-state index is 0.941. The second-order valence-electron chi connectivity index (χ2n) is 7.08. The van der Waals surface area contributed by atoms with E-state index in [0.717, 1.165) is 12.8 Å². The van der Waals surface area contributed by atoms with Crippen LogP contribution >= 0.6 is 0 Å². The van der Waals surface area contributed by atoms with Crippen LogP contribution in [0.25, 0.3) is 10.8 Å². The summed E-state index contributed by atoms with van der Waals surface area (Å²) in [6.45, 7) is 7.19. The van der Waals surface area contributed by atoms with Crippen molar-refractivity contribution in [1.82, 2.24) is 0 Å². The summed E-state index contributed by atoms with van der Waals surface area (Å²) >= 11 is 0. The predicted molar refractivity (Wildman–Crippen MR) is 91.2 cm³/mol. The summed E-state index contributed by atoms with van der Waals surface area (Å²) in [5, 5.41) is 4.21. The largest absolute Gasteiger partial charge is 0.469 e. The SMILES string of the molecule is C[Si](C)(C)c1coc2c1Cc1ccc3ccccc3c1C2. The van der Waals surface area contributed by atoms with Crippen LogP contribution in [0.1, 0.15) is 22.5 Å². The summed E-state index contributed by atoms with van der Waals surface area (Å²) in [7, 11) is -1.33. The number of hydrogen-bond donors (Lipinski definition) is 0. The predicted octanol–water partition coefficient (Wildman–Crippen LogP) is 4.47. The number of hydrogen-bond acceptors (Lipinski definition) is 1. The van der Waals surface area contributed by atoms with Crippen LogP contribution in [-0.4, -0.2) is 8.07 Å². The lowest BCUT2D eigenvalue weighted by Gasteiger charge is -2.22. The Balaban J connectivity index is 1.89. The second kappa shape index (κ2) is 4.34. The molecule has 0 bridgehead atoms. The van der Waals surface area contributed by atoms with Crippen molar-refractivity contribution in [3.63, 3.8) is 0 Å². The zero-order chi connectivity index (χ0) is 14.6. The van der Waals surface area contributed by atoms with Gasteiger partial charge < -0.3 is 4.42 Å². The molecule has 2 aromatic carbocycles. The van der Waals surface area contributed by atoms with Crippen molar-refractivity contribution < 1.29 is 4.42 Å². The average molecular weight is 292 g/mol. The molecule has 0 fully saturated rings. The molecular formula is C19H20OSi. The first-order valence-corrected chi connectivity index (χ1v) is 11.1. The summed E-state index contributed by atoms with van der Waals surface area (Å²) in [5.74, 6) is 1.19. The van der Waals surface area contributed by atoms with Crippen LogP contribution in [0.3, 0.4) is 0 Å². The highest BCUT2D eigenvalue weighted by atomic mass is 28.3. The van der Waals surface area contributed by atoms with Crippen molar-refractivity contribution in [3.05, 3.63) is 65.1 Å². The van der Waals surface area contributed by atoms with Crippen molar-refractivity contribution in [3.8, 4) is 0 Å². The zero-order valence-corrected chi connectivity index (χ0v) is 13.9. The first kappa shape index (κ1) is 12.9. The quantitative estimate of drug-likeness (QED) is 0.472. The molecule has 0 saturated carbocycles. The molecular weight excluding hydrogens is 272 g/mol. The van der Waals surface area contributed by atoms with Crippen LogP contribution in [-0.2, 0) is 12.8 Å². The van der Waals surface area contributed by atoms with Crippen LogP contribution in [0.2, 0.25) is 19.6 Å². The smallest absolute Gasteiger partial charge is 0.111 e. The molecule has 106 valence electrons. The molecule has 0 N–H and O–H groups in total. The molecule has 3 aromatic rings. The zero-order valence-electron chi connectivity index (χ0n) is 12.9. The fraction of sp³-hybridized carbons (Fsp3) is 0.263. The molecule has 0 amide bonds. The molecule has 0 aliphatic heterocycles. The molecule has 0 spiro atoms. The van der Waals surface area contributed by atoms with Crippen LogP contribution in [0.15, 0.2) is 47.1 Å². The summed E-state index contributed by atoms with van der Waals surface area (Å²) in [5.41, 5.74) is 4.40. The fourth-order valence-corrected chi connectivity index (χ4v) is 5.05. The van der Waals surface area contributed by atoms with Crippen LogP contribution < -0.4 is 5.19 Å². The molecule has 1 aliphatic carbocycles. The van der Waals surface area contributed by atoms with Crippen molar-refractivity contribution in [1.29, 1.82) is 0 Å². The molecule has 4 rings (SSSR count). The summed E-state index contributed by atoms with van der Waals surface area (Å²) in [6, 6.07) is 13.2. The van der Waals surface area contributed by atoms with E-state index in [1.165, 1.54) is 38.4 Å². The van der Waals surface area contributed by atoms with E-state index >= 15 is 0 Å². The lowest BCUT2D eigenvalue weighted by atomic mass is 9.87. The van der Waals surface area contributed by atoms with E-state index in [1.807, 2.05) is 6.26 Å². The Morgan fingerprint density at radius 3 is 2.52 bits per heavy atom. The van der Waals surface area contributed by atoms with Gasteiger partial charge in [-0.2, -0.15) is 0 Å². The third-order valence-corrected chi connectivity index (χ3v) is 6.67. The van der Waals surface area contributed by atoms with E-state index in [9.17, 15) is 0 Å². The van der Waals surface area contributed by atoms with Crippen LogP contribution in [0.4, 0.5) is 0 Å². The van der Waals surface area contributed by atoms with E-state index in [2.05, 4.69) is 56.0 Å². The maximum atomic E-state index is 5.95. The Morgan fingerprint density at radius 2 is 1.71 bits per heavy atom. The van der Waals surface area contributed by atoms with Gasteiger partial charge in [-0.15, -0.1) is 0 Å². The lowest BCUT2D eigenvalue weighted by molar-refractivity contribution is 0.514. The molecule has 0 saturated heterocycles. The lowest BCUT2D eigenvalue weighted by Crippen LogP contribution is -2.39. The Labute approximate surface area is 126 Å². The number of benzene rings is 2. The third kappa shape index (κ3) is 1.97. The maximum absolute atomic E-state index is 5.95. The monoisotopic (exact) mass is 292 g/mol. The molecule has 21 heavy (non-hydrogen) atoms. The van der Waals surface area contributed by atoms with Crippen molar-refractivity contribution in [2.24, 2.45) is 0 Å². The third-order valence-electron chi connectivity index (χ3n) is 4.63. The molecule has 1 aromatic heterocycles. The van der Waals surface area contributed by atoms with Gasteiger partial charge in [-0.1, -0.05) is 56.0 Å². The van der Waals surface area contributed by atoms with Gasteiger partial charge in [0.1, 0.15) is 5.76 Å². The average Bonchev–Trinajstić information content (AvgIpc) is 2.88. The first-order valence-electron chi connectivity index (χ1n) is 7.63. The molecule has 0 unspecified atom stereocenters. The van der Waals surface area contributed by atoms with Gasteiger partial charge in [0, 0.05) is 12.8 Å². The Hall–Kier alpha value is -1.80. The summed E-state index contributed by atoms with van der Waals surface area (Å²) in [4.78, 5) is 0. The van der Waals surface area contributed by atoms with Gasteiger partial charge in [0.15, 0.2) is 0 Å². The van der Waals surface area contributed by atoms with E-state index < -0.39 is 8.07 Å². The Bertz CT molecular complexity index is 836. The van der Waals surface area contributed by atoms with Gasteiger partial charge in [0.25, 0.3) is 0 Å². The van der Waals surface area contributed by atoms with Gasteiger partial charge in [0.2, 0.25) is 0 Å². The van der Waals surface area contributed by atoms with Crippen molar-refractivity contribution in [2.75, 3.05) is 0 Å². The van der Waals surface area contributed by atoms with Gasteiger partial charge in [0.05, 0.1) is 14.3 Å². The van der Waals surface area contributed by atoms with Crippen molar-refractivity contribution in [2.45, 2.75) is 32.5 Å². The standard InChI is InChI=1S/C19H20OSi/c1-21(2,3)19-12-20-18-11-16-14(10-17(18)19)9-8-13-6-4-5-7-15(13)16/h4-9,12H,10-11H2,1-3H3. The Morgan fingerprint density at radius 1 is 0.905 bits per heavy atom. The van der Waals surface area contributed by atoms with Crippen LogP contribution in [0.5, 0.6) is 0 Å². The normalized spacial score (nSPS) is 14.0. The molecule has 0 atom stereocenters. The number of rotatable bonds is 1. The molecule has 1 nitrogen and oxygen atoms in total. The van der Waals surface area contributed by atoms with Crippen molar-refractivity contribution >= 4 is 24.0 Å². The van der Waals surface area contributed by atoms with Gasteiger partial charge in [-0.3, -0.25) is 0 Å². The summed E-state index contributed by atoms with van der Waals surface area (Å²) in [6.07, 6.45) is 4.01. The molecule has 0 radical (unpaired) electrons. The highest BCUT2D eigenvalue weighted by Crippen LogP contribution is 2.33. The maximum Gasteiger partial charge on any atom is 0.111 e. The van der Waals surface area contributed by atoms with E-state index in [1.54, 1.807) is 0 Å². The highest BCUT2D eigenvalue weighted by Gasteiger charge is 2.29. The van der Waals surface area contributed by atoms with Gasteiger partial charge in [-0.05, 0) is 32.6 Å². The molecule has 1 aliphatic rings. The first-order chi connectivity index (χ1) is 10.0. The number of fused-ring (bicyclic) bond motifs is 4. The minimum atomic E-state index is -1.33. The minimum Gasteiger partial charge on any atom is -0.469 e. The molecule has 2 heteroatoms. The van der Waals surface area contributed by atoms with E-state index in [4.69, 9.17) is 4.42 Å². The van der Waals surface area contributed by atoms with Crippen LogP contribution in [0, 0.1) is 0 Å². The summed E-state index contributed by atoms with van der Waals surface area (Å²) < 4.78 is 5.95. The highest BCUT2D eigenvalue weighted by molar-refractivity contribution is 6.89. The Kier molecular flexibility index (Phi) is 2.67. The van der Waals surface area contributed by atoms with E-state index in [0.29, 0.717) is 0 Å². The molecule has 1 heterocycles. The number of furan rings is 1.